The van der Waals surface area contributed by atoms with Crippen molar-refractivity contribution in [1.82, 2.24) is 20.1 Å². The highest BCUT2D eigenvalue weighted by atomic mass is 19.1. The van der Waals surface area contributed by atoms with E-state index in [-0.39, 0.29) is 11.8 Å². The van der Waals surface area contributed by atoms with Gasteiger partial charge >= 0.3 is 0 Å². The molecule has 5 rings (SSSR count). The first-order chi connectivity index (χ1) is 15.4. The highest BCUT2D eigenvalue weighted by molar-refractivity contribution is 5.88. The van der Waals surface area contributed by atoms with Crippen LogP contribution in [0.15, 0.2) is 18.2 Å². The van der Waals surface area contributed by atoms with Crippen molar-refractivity contribution in [2.75, 3.05) is 37.7 Å². The topological polar surface area (TPSA) is 77.5 Å². The van der Waals surface area contributed by atoms with Crippen molar-refractivity contribution in [1.29, 1.82) is 0 Å². The third-order valence-electron chi connectivity index (χ3n) is 6.75. The summed E-state index contributed by atoms with van der Waals surface area (Å²) in [6.45, 7) is 10.8. The minimum absolute atomic E-state index is 0.110. The lowest BCUT2D eigenvalue weighted by Crippen LogP contribution is -2.57. The molecule has 0 aliphatic carbocycles. The third kappa shape index (κ3) is 3.82. The number of phenolic OH excluding ortho intramolecular Hbond substituents is 1. The maximum Gasteiger partial charge on any atom is 0.156 e. The van der Waals surface area contributed by atoms with E-state index in [2.05, 4.69) is 39.9 Å². The minimum atomic E-state index is -0.511. The van der Waals surface area contributed by atoms with Gasteiger partial charge in [-0.25, -0.2) is 9.37 Å². The van der Waals surface area contributed by atoms with Gasteiger partial charge in [0.1, 0.15) is 11.6 Å². The van der Waals surface area contributed by atoms with Crippen molar-refractivity contribution >= 4 is 16.7 Å². The van der Waals surface area contributed by atoms with E-state index in [1.165, 1.54) is 6.07 Å². The summed E-state index contributed by atoms with van der Waals surface area (Å²) < 4.78 is 20.4. The Kier molecular flexibility index (Phi) is 5.51. The van der Waals surface area contributed by atoms with Gasteiger partial charge in [-0.1, -0.05) is 0 Å². The van der Waals surface area contributed by atoms with Crippen LogP contribution in [0.3, 0.4) is 0 Å². The number of anilines is 1. The van der Waals surface area contributed by atoms with Gasteiger partial charge in [0.2, 0.25) is 0 Å². The van der Waals surface area contributed by atoms with E-state index in [1.54, 1.807) is 6.07 Å². The standard InChI is InChI=1S/C24H29FN5O2/c1-14-11-30(15(2)10-29(14)12-17-6-7-32-13-17)22-9-20-16(3)27-28-24(20)26-23(22)19-5-4-18(31)8-21(19)25/h4-5,8,14-15,17,31H,6-7,10-13H2,1-3H3,(H,26,27,28)/t14-,15+,17?/m1/s1. The fourth-order valence-electron chi connectivity index (χ4n) is 4.91. The molecule has 0 saturated carbocycles. The number of H-pyrrole nitrogens is 1. The molecule has 1 radical (unpaired) electrons. The monoisotopic (exact) mass is 438 g/mol. The van der Waals surface area contributed by atoms with Gasteiger partial charge in [-0.3, -0.25) is 10.00 Å². The van der Waals surface area contributed by atoms with Crippen molar-refractivity contribution in [3.63, 3.8) is 0 Å². The maximum absolute atomic E-state index is 14.9. The van der Waals surface area contributed by atoms with E-state index in [1.807, 2.05) is 6.92 Å². The predicted octanol–water partition coefficient (Wildman–Crippen LogP) is 3.51. The Morgan fingerprint density at radius 1 is 1.28 bits per heavy atom. The first-order valence-electron chi connectivity index (χ1n) is 11.3. The van der Waals surface area contributed by atoms with E-state index in [9.17, 15) is 9.50 Å². The van der Waals surface area contributed by atoms with Crippen molar-refractivity contribution < 1.29 is 14.2 Å². The van der Waals surface area contributed by atoms with Gasteiger partial charge in [0, 0.05) is 56.0 Å². The summed E-state index contributed by atoms with van der Waals surface area (Å²) in [5.41, 5.74) is 3.01. The zero-order chi connectivity index (χ0) is 22.4. The molecule has 2 aliphatic rings. The molecule has 1 aromatic carbocycles. The van der Waals surface area contributed by atoms with E-state index >= 15 is 0 Å². The van der Waals surface area contributed by atoms with Crippen molar-refractivity contribution in [3.05, 3.63) is 35.8 Å². The Morgan fingerprint density at radius 2 is 2.12 bits per heavy atom. The second-order valence-corrected chi connectivity index (χ2v) is 9.16. The molecule has 0 amide bonds. The fourth-order valence-corrected chi connectivity index (χ4v) is 4.91. The number of aromatic hydroxyl groups is 1. The lowest BCUT2D eigenvalue weighted by molar-refractivity contribution is 0.126. The zero-order valence-electron chi connectivity index (χ0n) is 18.7. The normalized spacial score (nSPS) is 24.5. The molecule has 2 N–H and O–H groups in total. The molecule has 1 unspecified atom stereocenters. The Labute approximate surface area is 187 Å². The second kappa shape index (κ2) is 8.33. The number of aromatic nitrogens is 3. The number of halogens is 1. The van der Waals surface area contributed by atoms with Gasteiger partial charge in [-0.05, 0) is 45.2 Å². The van der Waals surface area contributed by atoms with Crippen molar-refractivity contribution in [2.24, 2.45) is 5.92 Å². The first kappa shape index (κ1) is 21.2. The molecule has 4 heterocycles. The van der Waals surface area contributed by atoms with Crippen molar-refractivity contribution in [3.8, 4) is 17.0 Å². The van der Waals surface area contributed by atoms with Crippen LogP contribution in [-0.4, -0.2) is 70.1 Å². The molecule has 169 valence electrons. The second-order valence-electron chi connectivity index (χ2n) is 9.16. The van der Waals surface area contributed by atoms with Gasteiger partial charge in [-0.15, -0.1) is 0 Å². The molecular formula is C24H29FN5O2. The summed E-state index contributed by atoms with van der Waals surface area (Å²) in [5, 5.41) is 17.7. The molecule has 2 aliphatic heterocycles. The summed E-state index contributed by atoms with van der Waals surface area (Å²) >= 11 is 0. The highest BCUT2D eigenvalue weighted by Crippen LogP contribution is 2.37. The van der Waals surface area contributed by atoms with Crippen LogP contribution in [0.2, 0.25) is 0 Å². The summed E-state index contributed by atoms with van der Waals surface area (Å²) in [7, 11) is 0. The van der Waals surface area contributed by atoms with Crippen LogP contribution in [0.1, 0.15) is 26.0 Å². The fraction of sp³-hybridized carbons (Fsp3) is 0.500. The molecule has 2 fully saturated rings. The number of hydrogen-bond acceptors (Lipinski definition) is 6. The number of rotatable bonds is 4. The van der Waals surface area contributed by atoms with E-state index in [4.69, 9.17) is 9.72 Å². The number of phenols is 1. The number of aromatic amines is 1. The van der Waals surface area contributed by atoms with Gasteiger partial charge in [0.05, 0.1) is 29.1 Å². The third-order valence-corrected chi connectivity index (χ3v) is 6.75. The molecule has 7 nitrogen and oxygen atoms in total. The zero-order valence-corrected chi connectivity index (χ0v) is 18.7. The lowest BCUT2D eigenvalue weighted by Gasteiger charge is -2.46. The van der Waals surface area contributed by atoms with Crippen LogP contribution in [0, 0.1) is 24.7 Å². The Hall–Kier alpha value is -2.71. The number of nitrogens with zero attached hydrogens (tertiary/aromatic N) is 4. The number of pyridine rings is 1. The van der Waals surface area contributed by atoms with Crippen LogP contribution in [-0.2, 0) is 4.74 Å². The maximum atomic E-state index is 14.9. The van der Waals surface area contributed by atoms with Crippen LogP contribution < -0.4 is 4.90 Å². The number of benzene rings is 1. The molecule has 3 aromatic rings. The number of nitrogens with one attached hydrogen (secondary N) is 1. The highest BCUT2D eigenvalue weighted by Gasteiger charge is 2.33. The number of ether oxygens (including phenoxy) is 1. The summed E-state index contributed by atoms with van der Waals surface area (Å²) in [6.07, 6.45) is 1.12. The van der Waals surface area contributed by atoms with Gasteiger partial charge < -0.3 is 14.7 Å². The average molecular weight is 439 g/mol. The summed E-state index contributed by atoms with van der Waals surface area (Å²) in [6, 6.07) is 8.21. The number of hydrogen-bond donors (Lipinski definition) is 2. The Balaban J connectivity index is 1.53. The van der Waals surface area contributed by atoms with Crippen molar-refractivity contribution in [2.45, 2.75) is 39.3 Å². The SMILES string of the molecule is Cc1n[nH]c2nc(-c3ccc(O)cc3F)c(N3C[C@@H](C)N(CC4CCOC4)C[C@@H]3C)[c]c12. The van der Waals surface area contributed by atoms with E-state index in [0.717, 1.165) is 62.1 Å². The van der Waals surface area contributed by atoms with E-state index in [0.29, 0.717) is 28.9 Å². The number of piperazine rings is 1. The largest absolute Gasteiger partial charge is 0.508 e. The first-order valence-corrected chi connectivity index (χ1v) is 11.3. The number of fused-ring (bicyclic) bond motifs is 1. The summed E-state index contributed by atoms with van der Waals surface area (Å²) in [4.78, 5) is 9.57. The van der Waals surface area contributed by atoms with E-state index < -0.39 is 5.82 Å². The minimum Gasteiger partial charge on any atom is -0.508 e. The molecule has 8 heteroatoms. The Morgan fingerprint density at radius 3 is 2.88 bits per heavy atom. The lowest BCUT2D eigenvalue weighted by atomic mass is 10.0. The summed E-state index contributed by atoms with van der Waals surface area (Å²) in [5.74, 6) is -0.0268. The average Bonchev–Trinajstić information content (AvgIpc) is 3.40. The predicted molar refractivity (Wildman–Crippen MR) is 121 cm³/mol. The molecule has 32 heavy (non-hydrogen) atoms. The van der Waals surface area contributed by atoms with Gasteiger partial charge in [0.25, 0.3) is 0 Å². The molecule has 0 bridgehead atoms. The molecule has 2 saturated heterocycles. The number of aryl methyl sites for hydroxylation is 1. The molecule has 0 spiro atoms. The molecule has 2 aromatic heterocycles. The Bertz CT molecular complexity index is 1130. The van der Waals surface area contributed by atoms with Crippen LogP contribution in [0.4, 0.5) is 10.1 Å². The van der Waals surface area contributed by atoms with Gasteiger partial charge in [0.15, 0.2) is 5.65 Å². The van der Waals surface area contributed by atoms with Crippen LogP contribution in [0.25, 0.3) is 22.3 Å². The smallest absolute Gasteiger partial charge is 0.156 e. The quantitative estimate of drug-likeness (QED) is 0.649. The van der Waals surface area contributed by atoms with Crippen LogP contribution >= 0.6 is 0 Å². The molecular weight excluding hydrogens is 409 g/mol. The molecule has 3 atom stereocenters. The van der Waals surface area contributed by atoms with Crippen LogP contribution in [0.5, 0.6) is 5.75 Å². The van der Waals surface area contributed by atoms with Gasteiger partial charge in [-0.2, -0.15) is 5.10 Å².